The van der Waals surface area contributed by atoms with Gasteiger partial charge in [-0.3, -0.25) is 0 Å². The van der Waals surface area contributed by atoms with Crippen LogP contribution in [0.25, 0.3) is 0 Å². The van der Waals surface area contributed by atoms with Crippen molar-refractivity contribution in [3.05, 3.63) is 0 Å². The molecular weight excluding hydrogens is 264 g/mol. The Balaban J connectivity index is 2.77. The molecule has 3 nitrogen and oxygen atoms in total. The zero-order valence-electron chi connectivity index (χ0n) is 12.8. The molecule has 0 bridgehead atoms. The van der Waals surface area contributed by atoms with Crippen LogP contribution in [-0.2, 0) is 9.53 Å². The Kier molecular flexibility index (Phi) is 4.95. The molecule has 0 heterocycles. The van der Waals surface area contributed by atoms with Crippen molar-refractivity contribution in [2.75, 3.05) is 6.61 Å². The molecule has 112 valence electrons. The summed E-state index contributed by atoms with van der Waals surface area (Å²) >= 11 is 6.56. The van der Waals surface area contributed by atoms with Crippen molar-refractivity contribution in [1.29, 1.82) is 0 Å². The van der Waals surface area contributed by atoms with Crippen LogP contribution in [-0.4, -0.2) is 28.2 Å². The van der Waals surface area contributed by atoms with Gasteiger partial charge < -0.3 is 9.84 Å². The van der Waals surface area contributed by atoms with Crippen LogP contribution in [0.1, 0.15) is 60.3 Å². The molecule has 1 atom stereocenters. The van der Waals surface area contributed by atoms with Gasteiger partial charge in [0.05, 0.1) is 11.5 Å². The molecule has 0 spiro atoms. The summed E-state index contributed by atoms with van der Waals surface area (Å²) in [6.07, 6.45) is 3.15. The average Bonchev–Trinajstić information content (AvgIpc) is 2.28. The summed E-state index contributed by atoms with van der Waals surface area (Å²) in [5, 5.41) is 10.5. The Morgan fingerprint density at radius 3 is 2.16 bits per heavy atom. The molecule has 0 unspecified atom stereocenters. The number of carbonyl (C=O) groups excluding carboxylic acids is 1. The lowest BCUT2D eigenvalue weighted by Gasteiger charge is -2.46. The van der Waals surface area contributed by atoms with Gasteiger partial charge in [-0.2, -0.15) is 0 Å². The summed E-state index contributed by atoms with van der Waals surface area (Å²) in [6, 6.07) is 0. The van der Waals surface area contributed by atoms with Crippen molar-refractivity contribution in [1.82, 2.24) is 0 Å². The fourth-order valence-corrected chi connectivity index (χ4v) is 3.18. The second kappa shape index (κ2) is 5.61. The van der Waals surface area contributed by atoms with E-state index < -0.39 is 16.4 Å². The minimum atomic E-state index is -1.62. The number of hydrogen-bond donors (Lipinski definition) is 1. The lowest BCUT2D eigenvalue weighted by molar-refractivity contribution is -0.168. The lowest BCUT2D eigenvalue weighted by Crippen LogP contribution is -2.56. The van der Waals surface area contributed by atoms with E-state index in [1.54, 1.807) is 6.92 Å². The first kappa shape index (κ1) is 16.8. The van der Waals surface area contributed by atoms with Gasteiger partial charge in [-0.1, -0.05) is 20.8 Å². The third-order valence-electron chi connectivity index (χ3n) is 4.55. The van der Waals surface area contributed by atoms with Crippen LogP contribution in [0.15, 0.2) is 0 Å². The van der Waals surface area contributed by atoms with E-state index in [0.29, 0.717) is 18.8 Å². The smallest absolute Gasteiger partial charge is 0.339 e. The fourth-order valence-electron chi connectivity index (χ4n) is 2.88. The normalized spacial score (nSPS) is 31.6. The number of aliphatic hydroxyl groups is 1. The standard InChI is InChI=1S/C15H27ClO3/c1-6-19-12(17)14(5,18)15(16)9-7-11(8-10-15)13(2,3)4/h11,18H,6-10H2,1-5H3/t11?,14-,15?/m0/s1. The molecule has 0 saturated heterocycles. The van der Waals surface area contributed by atoms with Crippen molar-refractivity contribution in [3.8, 4) is 0 Å². The Morgan fingerprint density at radius 1 is 1.32 bits per heavy atom. The van der Waals surface area contributed by atoms with Gasteiger partial charge in [0, 0.05) is 0 Å². The molecular formula is C15H27ClO3. The largest absolute Gasteiger partial charge is 0.464 e. The van der Waals surface area contributed by atoms with Crippen molar-refractivity contribution in [2.24, 2.45) is 11.3 Å². The second-order valence-electron chi connectivity index (χ2n) is 6.90. The van der Waals surface area contributed by atoms with Gasteiger partial charge in [0.15, 0.2) is 5.60 Å². The van der Waals surface area contributed by atoms with Crippen LogP contribution in [0.4, 0.5) is 0 Å². The van der Waals surface area contributed by atoms with Crippen LogP contribution < -0.4 is 0 Å². The van der Waals surface area contributed by atoms with E-state index in [2.05, 4.69) is 20.8 Å². The number of hydrogen-bond acceptors (Lipinski definition) is 3. The lowest BCUT2D eigenvalue weighted by atomic mass is 9.66. The van der Waals surface area contributed by atoms with Gasteiger partial charge >= 0.3 is 5.97 Å². The highest BCUT2D eigenvalue weighted by Crippen LogP contribution is 2.48. The molecule has 1 fully saturated rings. The molecule has 1 saturated carbocycles. The molecule has 4 heteroatoms. The van der Waals surface area contributed by atoms with Gasteiger partial charge in [-0.15, -0.1) is 11.6 Å². The summed E-state index contributed by atoms with van der Waals surface area (Å²) in [5.41, 5.74) is -1.37. The first-order valence-corrected chi connectivity index (χ1v) is 7.51. The molecule has 0 amide bonds. The first-order chi connectivity index (χ1) is 8.54. The number of carbonyl (C=O) groups is 1. The predicted octanol–water partition coefficient (Wildman–Crippen LogP) is 3.51. The van der Waals surface area contributed by atoms with Crippen molar-refractivity contribution >= 4 is 17.6 Å². The summed E-state index contributed by atoms with van der Waals surface area (Å²) in [6.45, 7) is 10.1. The Labute approximate surface area is 121 Å². The van der Waals surface area contributed by atoms with Gasteiger partial charge in [0.1, 0.15) is 0 Å². The van der Waals surface area contributed by atoms with E-state index >= 15 is 0 Å². The molecule has 19 heavy (non-hydrogen) atoms. The number of esters is 1. The maximum absolute atomic E-state index is 11.9. The maximum atomic E-state index is 11.9. The van der Waals surface area contributed by atoms with Crippen LogP contribution >= 0.6 is 11.6 Å². The van der Waals surface area contributed by atoms with E-state index in [1.165, 1.54) is 6.92 Å². The minimum absolute atomic E-state index is 0.244. The number of alkyl halides is 1. The highest BCUT2D eigenvalue weighted by molar-refractivity contribution is 6.26. The average molecular weight is 291 g/mol. The van der Waals surface area contributed by atoms with Gasteiger partial charge in [-0.25, -0.2) is 4.79 Å². The van der Waals surface area contributed by atoms with Crippen LogP contribution in [0.3, 0.4) is 0 Å². The molecule has 0 aromatic carbocycles. The zero-order chi connectivity index (χ0) is 14.9. The van der Waals surface area contributed by atoms with Crippen molar-refractivity contribution < 1.29 is 14.6 Å². The van der Waals surface area contributed by atoms with Gasteiger partial charge in [-0.05, 0) is 50.9 Å². The van der Waals surface area contributed by atoms with E-state index in [9.17, 15) is 9.90 Å². The fraction of sp³-hybridized carbons (Fsp3) is 0.933. The highest BCUT2D eigenvalue weighted by atomic mass is 35.5. The highest BCUT2D eigenvalue weighted by Gasteiger charge is 2.54. The molecule has 1 N–H and O–H groups in total. The Hall–Kier alpha value is -0.280. The molecule has 1 rings (SSSR count). The molecule has 0 aromatic heterocycles. The molecule has 1 aliphatic carbocycles. The first-order valence-electron chi connectivity index (χ1n) is 7.13. The molecule has 0 aromatic rings. The summed E-state index contributed by atoms with van der Waals surface area (Å²) in [7, 11) is 0. The SMILES string of the molecule is CCOC(=O)[C@](C)(O)C1(Cl)CCC(C(C)(C)C)CC1. The van der Waals surface area contributed by atoms with Crippen molar-refractivity contribution in [2.45, 2.75) is 70.8 Å². The Morgan fingerprint density at radius 2 is 1.79 bits per heavy atom. The topological polar surface area (TPSA) is 46.5 Å². The molecule has 0 aliphatic heterocycles. The second-order valence-corrected chi connectivity index (χ2v) is 7.62. The predicted molar refractivity (Wildman–Crippen MR) is 77.3 cm³/mol. The third-order valence-corrected chi connectivity index (χ3v) is 5.29. The molecule has 0 radical (unpaired) electrons. The Bertz CT molecular complexity index is 323. The van der Waals surface area contributed by atoms with E-state index in [0.717, 1.165) is 12.8 Å². The monoisotopic (exact) mass is 290 g/mol. The summed E-state index contributed by atoms with van der Waals surface area (Å²) in [4.78, 5) is 11.0. The number of rotatable bonds is 3. The quantitative estimate of drug-likeness (QED) is 0.639. The summed E-state index contributed by atoms with van der Waals surface area (Å²) in [5.74, 6) is -0.0309. The van der Waals surface area contributed by atoms with E-state index in [-0.39, 0.29) is 12.0 Å². The van der Waals surface area contributed by atoms with Gasteiger partial charge in [0.25, 0.3) is 0 Å². The zero-order valence-corrected chi connectivity index (χ0v) is 13.5. The van der Waals surface area contributed by atoms with Crippen LogP contribution in [0, 0.1) is 11.3 Å². The van der Waals surface area contributed by atoms with Crippen LogP contribution in [0.2, 0.25) is 0 Å². The van der Waals surface area contributed by atoms with Gasteiger partial charge in [0.2, 0.25) is 0 Å². The maximum Gasteiger partial charge on any atom is 0.339 e. The van der Waals surface area contributed by atoms with E-state index in [4.69, 9.17) is 16.3 Å². The summed E-state index contributed by atoms with van der Waals surface area (Å²) < 4.78 is 4.95. The third kappa shape index (κ3) is 3.43. The number of halogens is 1. The minimum Gasteiger partial charge on any atom is -0.464 e. The van der Waals surface area contributed by atoms with E-state index in [1.807, 2.05) is 0 Å². The van der Waals surface area contributed by atoms with Crippen LogP contribution in [0.5, 0.6) is 0 Å². The number of ether oxygens (including phenoxy) is 1. The molecule has 1 aliphatic rings. The van der Waals surface area contributed by atoms with Crippen molar-refractivity contribution in [3.63, 3.8) is 0 Å².